The fourth-order valence-corrected chi connectivity index (χ4v) is 5.37. The van der Waals surface area contributed by atoms with Crippen molar-refractivity contribution < 1.29 is 13.2 Å². The maximum atomic E-state index is 12.9. The van der Waals surface area contributed by atoms with Crippen LogP contribution in [0.5, 0.6) is 5.75 Å². The first-order valence-electron chi connectivity index (χ1n) is 8.04. The molecule has 2 heterocycles. The van der Waals surface area contributed by atoms with E-state index < -0.39 is 10.2 Å². The molecule has 122 valence electrons. The standard InChI is InChI=1S/C16H24N2O3S/c1-21-15-8-5-7-14(13-15)16-9-6-12-18(16)22(19,20)17-10-3-2-4-11-17/h5,7-8,13,16H,2-4,6,9-12H2,1H3/t16-/m0/s1. The second-order valence-electron chi connectivity index (χ2n) is 6.01. The molecule has 0 saturated carbocycles. The van der Waals surface area contributed by atoms with Gasteiger partial charge in [0.05, 0.1) is 13.2 Å². The molecular formula is C16H24N2O3S. The van der Waals surface area contributed by atoms with Crippen molar-refractivity contribution in [3.05, 3.63) is 29.8 Å². The second-order valence-corrected chi connectivity index (χ2v) is 7.89. The number of methoxy groups -OCH3 is 1. The Labute approximate surface area is 133 Å². The summed E-state index contributed by atoms with van der Waals surface area (Å²) in [6.45, 7) is 1.92. The van der Waals surface area contributed by atoms with Gasteiger partial charge in [-0.25, -0.2) is 0 Å². The van der Waals surface area contributed by atoms with Gasteiger partial charge in [-0.2, -0.15) is 17.0 Å². The van der Waals surface area contributed by atoms with E-state index in [0.717, 1.165) is 43.4 Å². The third-order valence-electron chi connectivity index (χ3n) is 4.62. The third kappa shape index (κ3) is 3.00. The molecule has 1 atom stereocenters. The molecule has 0 amide bonds. The molecule has 6 heteroatoms. The monoisotopic (exact) mass is 324 g/mol. The number of hydrogen-bond donors (Lipinski definition) is 0. The van der Waals surface area contributed by atoms with Gasteiger partial charge in [0.15, 0.2) is 0 Å². The Morgan fingerprint density at radius 1 is 1.09 bits per heavy atom. The summed E-state index contributed by atoms with van der Waals surface area (Å²) in [5.74, 6) is 0.778. The minimum Gasteiger partial charge on any atom is -0.497 e. The molecule has 5 nitrogen and oxygen atoms in total. The first-order chi connectivity index (χ1) is 10.6. The normalized spacial score (nSPS) is 24.5. The molecule has 0 spiro atoms. The van der Waals surface area contributed by atoms with Crippen molar-refractivity contribution in [1.29, 1.82) is 0 Å². The van der Waals surface area contributed by atoms with Crippen LogP contribution in [-0.4, -0.2) is 43.8 Å². The predicted octanol–water partition coefficient (Wildman–Crippen LogP) is 2.56. The van der Waals surface area contributed by atoms with E-state index in [9.17, 15) is 8.42 Å². The second kappa shape index (κ2) is 6.56. The molecule has 2 aliphatic heterocycles. The van der Waals surface area contributed by atoms with Crippen LogP contribution in [0, 0.1) is 0 Å². The number of piperidine rings is 1. The highest BCUT2D eigenvalue weighted by Crippen LogP contribution is 2.36. The van der Waals surface area contributed by atoms with Crippen LogP contribution in [0.4, 0.5) is 0 Å². The minimum absolute atomic E-state index is 0.0676. The Balaban J connectivity index is 1.85. The highest BCUT2D eigenvalue weighted by Gasteiger charge is 2.39. The molecule has 0 bridgehead atoms. The third-order valence-corrected chi connectivity index (χ3v) is 6.67. The molecule has 3 rings (SSSR count). The van der Waals surface area contributed by atoms with E-state index in [1.54, 1.807) is 15.7 Å². The largest absolute Gasteiger partial charge is 0.497 e. The zero-order valence-electron chi connectivity index (χ0n) is 13.1. The van der Waals surface area contributed by atoms with Crippen LogP contribution in [0.3, 0.4) is 0 Å². The molecule has 0 radical (unpaired) electrons. The van der Waals surface area contributed by atoms with E-state index in [4.69, 9.17) is 4.74 Å². The zero-order chi connectivity index (χ0) is 15.6. The van der Waals surface area contributed by atoms with Crippen molar-refractivity contribution in [3.8, 4) is 5.75 Å². The highest BCUT2D eigenvalue weighted by molar-refractivity contribution is 7.86. The molecule has 0 aliphatic carbocycles. The Morgan fingerprint density at radius 3 is 2.59 bits per heavy atom. The smallest absolute Gasteiger partial charge is 0.282 e. The van der Waals surface area contributed by atoms with Crippen LogP contribution < -0.4 is 4.74 Å². The van der Waals surface area contributed by atoms with Gasteiger partial charge in [-0.1, -0.05) is 18.6 Å². The fourth-order valence-electron chi connectivity index (χ4n) is 3.44. The molecule has 0 aromatic heterocycles. The van der Waals surface area contributed by atoms with Gasteiger partial charge in [0.1, 0.15) is 5.75 Å². The number of rotatable bonds is 4. The Kier molecular flexibility index (Phi) is 4.70. The van der Waals surface area contributed by atoms with Gasteiger partial charge >= 0.3 is 0 Å². The summed E-state index contributed by atoms with van der Waals surface area (Å²) in [6.07, 6.45) is 4.86. The Morgan fingerprint density at radius 2 is 1.86 bits per heavy atom. The molecule has 2 aliphatic rings. The average molecular weight is 324 g/mol. The number of nitrogens with zero attached hydrogens (tertiary/aromatic N) is 2. The SMILES string of the molecule is COc1cccc([C@@H]2CCCN2S(=O)(=O)N2CCCCC2)c1. The van der Waals surface area contributed by atoms with Gasteiger partial charge in [0.25, 0.3) is 10.2 Å². The van der Waals surface area contributed by atoms with E-state index in [1.165, 1.54) is 0 Å². The molecule has 2 saturated heterocycles. The van der Waals surface area contributed by atoms with Gasteiger partial charge in [0.2, 0.25) is 0 Å². The predicted molar refractivity (Wildman–Crippen MR) is 86.0 cm³/mol. The zero-order valence-corrected chi connectivity index (χ0v) is 13.9. The van der Waals surface area contributed by atoms with Crippen LogP contribution in [0.1, 0.15) is 43.7 Å². The lowest BCUT2D eigenvalue weighted by atomic mass is 10.1. The summed E-state index contributed by atoms with van der Waals surface area (Å²) in [4.78, 5) is 0. The average Bonchev–Trinajstić information content (AvgIpc) is 3.06. The van der Waals surface area contributed by atoms with Crippen molar-refractivity contribution in [2.24, 2.45) is 0 Å². The Bertz CT molecular complexity index is 612. The van der Waals surface area contributed by atoms with E-state index in [0.29, 0.717) is 19.6 Å². The van der Waals surface area contributed by atoms with Crippen molar-refractivity contribution in [3.63, 3.8) is 0 Å². The lowest BCUT2D eigenvalue weighted by Gasteiger charge is -2.33. The van der Waals surface area contributed by atoms with Crippen LogP contribution in [0.15, 0.2) is 24.3 Å². The van der Waals surface area contributed by atoms with Crippen molar-refractivity contribution >= 4 is 10.2 Å². The Hall–Kier alpha value is -1.11. The van der Waals surface area contributed by atoms with Gasteiger partial charge < -0.3 is 4.74 Å². The van der Waals surface area contributed by atoms with Crippen molar-refractivity contribution in [2.45, 2.75) is 38.1 Å². The van der Waals surface area contributed by atoms with E-state index in [-0.39, 0.29) is 6.04 Å². The minimum atomic E-state index is -3.35. The maximum absolute atomic E-state index is 12.9. The van der Waals surface area contributed by atoms with Gasteiger partial charge in [-0.3, -0.25) is 0 Å². The van der Waals surface area contributed by atoms with E-state index in [2.05, 4.69) is 0 Å². The van der Waals surface area contributed by atoms with Crippen LogP contribution in [0.25, 0.3) is 0 Å². The van der Waals surface area contributed by atoms with Gasteiger partial charge in [-0.05, 0) is 43.4 Å². The molecule has 1 aromatic rings. The number of hydrogen-bond acceptors (Lipinski definition) is 3. The first kappa shape index (κ1) is 15.8. The van der Waals surface area contributed by atoms with Crippen molar-refractivity contribution in [2.75, 3.05) is 26.7 Å². The summed E-state index contributed by atoms with van der Waals surface area (Å²) < 4.78 is 34.5. The maximum Gasteiger partial charge on any atom is 0.282 e. The molecular weight excluding hydrogens is 300 g/mol. The first-order valence-corrected chi connectivity index (χ1v) is 9.43. The molecule has 22 heavy (non-hydrogen) atoms. The summed E-state index contributed by atoms with van der Waals surface area (Å²) in [5.41, 5.74) is 1.03. The fraction of sp³-hybridized carbons (Fsp3) is 0.625. The van der Waals surface area contributed by atoms with Crippen LogP contribution in [0.2, 0.25) is 0 Å². The quantitative estimate of drug-likeness (QED) is 0.855. The molecule has 2 fully saturated rings. The summed E-state index contributed by atoms with van der Waals surface area (Å²) in [6, 6.07) is 7.70. The lowest BCUT2D eigenvalue weighted by Crippen LogP contribution is -2.45. The number of ether oxygens (including phenoxy) is 1. The van der Waals surface area contributed by atoms with Gasteiger partial charge in [-0.15, -0.1) is 0 Å². The van der Waals surface area contributed by atoms with Gasteiger partial charge in [0, 0.05) is 19.6 Å². The molecule has 0 N–H and O–H groups in total. The highest BCUT2D eigenvalue weighted by atomic mass is 32.2. The summed E-state index contributed by atoms with van der Waals surface area (Å²) >= 11 is 0. The van der Waals surface area contributed by atoms with Crippen LogP contribution >= 0.6 is 0 Å². The molecule has 1 aromatic carbocycles. The lowest BCUT2D eigenvalue weighted by molar-refractivity contribution is 0.296. The molecule has 0 unspecified atom stereocenters. The number of benzene rings is 1. The summed E-state index contributed by atoms with van der Waals surface area (Å²) in [7, 11) is -1.72. The van der Waals surface area contributed by atoms with E-state index in [1.807, 2.05) is 24.3 Å². The van der Waals surface area contributed by atoms with Crippen LogP contribution in [-0.2, 0) is 10.2 Å². The van der Waals surface area contributed by atoms with E-state index >= 15 is 0 Å². The summed E-state index contributed by atoms with van der Waals surface area (Å²) in [5, 5.41) is 0. The van der Waals surface area contributed by atoms with Crippen molar-refractivity contribution in [1.82, 2.24) is 8.61 Å². The topological polar surface area (TPSA) is 49.9 Å².